The van der Waals surface area contributed by atoms with Crippen LogP contribution in [0.2, 0.25) is 0 Å². The van der Waals surface area contributed by atoms with Gasteiger partial charge in [0.2, 0.25) is 0 Å². The van der Waals surface area contributed by atoms with Crippen LogP contribution in [0.3, 0.4) is 0 Å². The molecule has 6 nitrogen and oxygen atoms in total. The number of carbonyl (C=O) groups is 1. The van der Waals surface area contributed by atoms with Crippen LogP contribution in [0.25, 0.3) is 0 Å². The summed E-state index contributed by atoms with van der Waals surface area (Å²) in [5, 5.41) is 10.9. The Morgan fingerprint density at radius 3 is 2.85 bits per heavy atom. The minimum Gasteiger partial charge on any atom is -0.491 e. The van der Waals surface area contributed by atoms with Crippen molar-refractivity contribution in [3.8, 4) is 5.75 Å². The lowest BCUT2D eigenvalue weighted by molar-refractivity contribution is -0.0532. The van der Waals surface area contributed by atoms with Gasteiger partial charge in [-0.15, -0.1) is 0 Å². The Hall–Kier alpha value is -2.60. The smallest absolute Gasteiger partial charge is 0.260 e. The van der Waals surface area contributed by atoms with Crippen LogP contribution in [0.4, 0.5) is 0 Å². The molecule has 138 valence electrons. The van der Waals surface area contributed by atoms with Crippen molar-refractivity contribution in [1.82, 2.24) is 9.88 Å². The van der Waals surface area contributed by atoms with Gasteiger partial charge >= 0.3 is 0 Å². The maximum Gasteiger partial charge on any atom is 0.260 e. The standard InChI is InChI=1S/C20H24N2O4/c1-14-5-3-6-16(11-14)26-13-20(25)9-4-10-22(12-20)19(24)17-8-7-15(2)21-18(17)23/h3,5-8,11,25H,4,9-10,12-13H2,1-2H3,(H,21,23)/t20-/m0/s1. The van der Waals surface area contributed by atoms with Gasteiger partial charge < -0.3 is 19.7 Å². The molecule has 2 heterocycles. The van der Waals surface area contributed by atoms with Crippen LogP contribution in [0.1, 0.15) is 34.5 Å². The molecule has 0 radical (unpaired) electrons. The van der Waals surface area contributed by atoms with E-state index in [0.717, 1.165) is 5.56 Å². The Morgan fingerprint density at radius 1 is 1.31 bits per heavy atom. The van der Waals surface area contributed by atoms with E-state index in [4.69, 9.17) is 4.74 Å². The molecule has 0 aliphatic carbocycles. The third-order valence-corrected chi connectivity index (χ3v) is 4.63. The van der Waals surface area contributed by atoms with Crippen molar-refractivity contribution < 1.29 is 14.6 Å². The Kier molecular flexibility index (Phi) is 5.13. The van der Waals surface area contributed by atoms with Crippen molar-refractivity contribution in [3.05, 3.63) is 63.6 Å². The number of likely N-dealkylation sites (tertiary alicyclic amines) is 1. The van der Waals surface area contributed by atoms with E-state index in [9.17, 15) is 14.7 Å². The molecule has 2 aromatic rings. The van der Waals surface area contributed by atoms with Gasteiger partial charge in [0.1, 0.15) is 23.5 Å². The number of aromatic nitrogens is 1. The first-order valence-electron chi connectivity index (χ1n) is 8.77. The van der Waals surface area contributed by atoms with E-state index in [0.29, 0.717) is 30.8 Å². The number of piperidine rings is 1. The summed E-state index contributed by atoms with van der Waals surface area (Å²) >= 11 is 0. The lowest BCUT2D eigenvalue weighted by atomic mass is 9.93. The lowest BCUT2D eigenvalue weighted by Crippen LogP contribution is -2.53. The Morgan fingerprint density at radius 2 is 2.12 bits per heavy atom. The van der Waals surface area contributed by atoms with Gasteiger partial charge in [-0.25, -0.2) is 0 Å². The van der Waals surface area contributed by atoms with E-state index in [-0.39, 0.29) is 24.6 Å². The number of aliphatic hydroxyl groups is 1. The second kappa shape index (κ2) is 7.33. The highest BCUT2D eigenvalue weighted by molar-refractivity contribution is 5.94. The zero-order chi connectivity index (χ0) is 18.7. The van der Waals surface area contributed by atoms with Crippen molar-refractivity contribution >= 4 is 5.91 Å². The molecular weight excluding hydrogens is 332 g/mol. The van der Waals surface area contributed by atoms with Crippen LogP contribution in [0.15, 0.2) is 41.2 Å². The van der Waals surface area contributed by atoms with Crippen LogP contribution in [-0.4, -0.2) is 46.2 Å². The maximum atomic E-state index is 12.7. The number of pyridine rings is 1. The van der Waals surface area contributed by atoms with E-state index >= 15 is 0 Å². The number of nitrogens with one attached hydrogen (secondary N) is 1. The molecule has 0 bridgehead atoms. The highest BCUT2D eigenvalue weighted by Gasteiger charge is 2.36. The second-order valence-corrected chi connectivity index (χ2v) is 7.04. The molecule has 6 heteroatoms. The zero-order valence-corrected chi connectivity index (χ0v) is 15.1. The first-order valence-corrected chi connectivity index (χ1v) is 8.77. The largest absolute Gasteiger partial charge is 0.491 e. The molecule has 1 atom stereocenters. The minimum absolute atomic E-state index is 0.0967. The molecule has 3 rings (SSSR count). The number of hydrogen-bond donors (Lipinski definition) is 2. The third-order valence-electron chi connectivity index (χ3n) is 4.63. The van der Waals surface area contributed by atoms with Crippen molar-refractivity contribution in [3.63, 3.8) is 0 Å². The summed E-state index contributed by atoms with van der Waals surface area (Å²) in [7, 11) is 0. The fourth-order valence-electron chi connectivity index (χ4n) is 3.24. The molecule has 2 N–H and O–H groups in total. The first-order chi connectivity index (χ1) is 12.4. The van der Waals surface area contributed by atoms with E-state index < -0.39 is 11.2 Å². The van der Waals surface area contributed by atoms with Gasteiger partial charge in [-0.2, -0.15) is 0 Å². The number of aryl methyl sites for hydroxylation is 2. The number of H-pyrrole nitrogens is 1. The molecule has 26 heavy (non-hydrogen) atoms. The van der Waals surface area contributed by atoms with Crippen LogP contribution in [0.5, 0.6) is 5.75 Å². The summed E-state index contributed by atoms with van der Waals surface area (Å²) in [6.07, 6.45) is 1.20. The zero-order valence-electron chi connectivity index (χ0n) is 15.1. The SMILES string of the molecule is Cc1cccc(OC[C@]2(O)CCCN(C(=O)c3ccc(C)[nH]c3=O)C2)c1. The van der Waals surface area contributed by atoms with Gasteiger partial charge in [0.15, 0.2) is 0 Å². The average Bonchev–Trinajstić information content (AvgIpc) is 2.60. The van der Waals surface area contributed by atoms with Gasteiger partial charge in [-0.3, -0.25) is 9.59 Å². The minimum atomic E-state index is -1.13. The van der Waals surface area contributed by atoms with E-state index in [1.165, 1.54) is 11.0 Å². The predicted molar refractivity (Wildman–Crippen MR) is 98.6 cm³/mol. The average molecular weight is 356 g/mol. The Bertz CT molecular complexity index is 861. The molecule has 0 spiro atoms. The molecule has 1 aliphatic rings. The molecule has 1 amide bonds. The van der Waals surface area contributed by atoms with Gasteiger partial charge in [-0.05, 0) is 56.5 Å². The highest BCUT2D eigenvalue weighted by Crippen LogP contribution is 2.24. The summed E-state index contributed by atoms with van der Waals surface area (Å²) in [5.41, 5.74) is 0.344. The van der Waals surface area contributed by atoms with Gasteiger partial charge in [-0.1, -0.05) is 12.1 Å². The number of amides is 1. The fraction of sp³-hybridized carbons (Fsp3) is 0.400. The van der Waals surface area contributed by atoms with Crippen LogP contribution >= 0.6 is 0 Å². The molecule has 1 aliphatic heterocycles. The Labute approximate surface area is 152 Å². The topological polar surface area (TPSA) is 82.6 Å². The molecule has 0 saturated carbocycles. The third kappa shape index (κ3) is 4.14. The molecule has 1 fully saturated rings. The molecule has 1 aromatic heterocycles. The number of hydrogen-bond acceptors (Lipinski definition) is 4. The molecule has 0 unspecified atom stereocenters. The summed E-state index contributed by atoms with van der Waals surface area (Å²) in [6, 6.07) is 10.9. The summed E-state index contributed by atoms with van der Waals surface area (Å²) in [5.74, 6) is 0.330. The molecule has 1 saturated heterocycles. The van der Waals surface area contributed by atoms with Gasteiger partial charge in [0.25, 0.3) is 11.5 Å². The molecular formula is C20H24N2O4. The number of aromatic amines is 1. The van der Waals surface area contributed by atoms with Gasteiger partial charge in [0, 0.05) is 12.2 Å². The van der Waals surface area contributed by atoms with Gasteiger partial charge in [0.05, 0.1) is 6.54 Å². The van der Waals surface area contributed by atoms with Crippen LogP contribution < -0.4 is 10.3 Å². The van der Waals surface area contributed by atoms with E-state index in [1.807, 2.05) is 31.2 Å². The number of β-amino-alcohol motifs (C(OH)–C–C–N with tert-alkyl or cyclic N) is 1. The highest BCUT2D eigenvalue weighted by atomic mass is 16.5. The first kappa shape index (κ1) is 18.2. The number of rotatable bonds is 4. The lowest BCUT2D eigenvalue weighted by Gasteiger charge is -2.38. The monoisotopic (exact) mass is 356 g/mol. The summed E-state index contributed by atoms with van der Waals surface area (Å²) in [4.78, 5) is 28.9. The number of benzene rings is 1. The van der Waals surface area contributed by atoms with Crippen molar-refractivity contribution in [2.45, 2.75) is 32.3 Å². The molecule has 1 aromatic carbocycles. The van der Waals surface area contributed by atoms with Crippen molar-refractivity contribution in [1.29, 1.82) is 0 Å². The number of ether oxygens (including phenoxy) is 1. The van der Waals surface area contributed by atoms with Crippen LogP contribution in [-0.2, 0) is 0 Å². The number of nitrogens with zero attached hydrogens (tertiary/aromatic N) is 1. The normalized spacial score (nSPS) is 20.0. The van der Waals surface area contributed by atoms with E-state index in [2.05, 4.69) is 4.98 Å². The quantitative estimate of drug-likeness (QED) is 0.878. The predicted octanol–water partition coefficient (Wildman–Crippen LogP) is 2.04. The maximum absolute atomic E-state index is 12.7. The van der Waals surface area contributed by atoms with Crippen LogP contribution in [0, 0.1) is 13.8 Å². The second-order valence-electron chi connectivity index (χ2n) is 7.04. The number of carbonyl (C=O) groups excluding carboxylic acids is 1. The fourth-order valence-corrected chi connectivity index (χ4v) is 3.24. The summed E-state index contributed by atoms with van der Waals surface area (Å²) in [6.45, 7) is 4.49. The Balaban J connectivity index is 1.69. The van der Waals surface area contributed by atoms with Crippen molar-refractivity contribution in [2.24, 2.45) is 0 Å². The van der Waals surface area contributed by atoms with E-state index in [1.54, 1.807) is 13.0 Å². The summed E-state index contributed by atoms with van der Waals surface area (Å²) < 4.78 is 5.75. The van der Waals surface area contributed by atoms with Crippen molar-refractivity contribution in [2.75, 3.05) is 19.7 Å².